The second kappa shape index (κ2) is 7.99. The lowest BCUT2D eigenvalue weighted by Gasteiger charge is -2.25. The monoisotopic (exact) mass is 332 g/mol. The van der Waals surface area contributed by atoms with Crippen molar-refractivity contribution in [3.8, 4) is 5.75 Å². The van der Waals surface area contributed by atoms with Crippen molar-refractivity contribution in [2.75, 3.05) is 27.7 Å². The van der Waals surface area contributed by atoms with Crippen LogP contribution in [0.4, 0.5) is 0 Å². The van der Waals surface area contributed by atoms with Gasteiger partial charge in [0, 0.05) is 11.6 Å². The number of nitrogens with one attached hydrogen (secondary N) is 1. The summed E-state index contributed by atoms with van der Waals surface area (Å²) in [5, 5.41) is 3.46. The average Bonchev–Trinajstić information content (AvgIpc) is 2.55. The van der Waals surface area contributed by atoms with Gasteiger partial charge in [-0.2, -0.15) is 0 Å². The van der Waals surface area contributed by atoms with Gasteiger partial charge in [0.05, 0.1) is 18.7 Å². The number of carbonyl (C=O) groups is 1. The van der Waals surface area contributed by atoms with Gasteiger partial charge in [-0.1, -0.05) is 41.9 Å². The van der Waals surface area contributed by atoms with Gasteiger partial charge < -0.3 is 15.0 Å². The Labute approximate surface area is 142 Å². The molecule has 0 saturated heterocycles. The smallest absolute Gasteiger partial charge is 0.255 e. The highest BCUT2D eigenvalue weighted by atomic mass is 35.5. The van der Waals surface area contributed by atoms with Gasteiger partial charge in [-0.15, -0.1) is 0 Å². The first kappa shape index (κ1) is 17.3. The first-order valence-electron chi connectivity index (χ1n) is 7.36. The predicted molar refractivity (Wildman–Crippen MR) is 93.2 cm³/mol. The zero-order valence-electron chi connectivity index (χ0n) is 13.5. The van der Waals surface area contributed by atoms with Crippen LogP contribution in [-0.4, -0.2) is 38.6 Å². The molecule has 0 radical (unpaired) electrons. The maximum atomic E-state index is 12.5. The quantitative estimate of drug-likeness (QED) is 0.881. The summed E-state index contributed by atoms with van der Waals surface area (Å²) < 4.78 is 5.23. The molecule has 1 N–H and O–H groups in total. The summed E-state index contributed by atoms with van der Waals surface area (Å²) in [6.45, 7) is 0.492. The van der Waals surface area contributed by atoms with E-state index in [1.165, 1.54) is 7.11 Å². The number of hydrogen-bond donors (Lipinski definition) is 1. The van der Waals surface area contributed by atoms with Crippen molar-refractivity contribution in [2.24, 2.45) is 0 Å². The van der Waals surface area contributed by atoms with E-state index in [-0.39, 0.29) is 11.9 Å². The van der Waals surface area contributed by atoms with Crippen LogP contribution in [0.3, 0.4) is 0 Å². The van der Waals surface area contributed by atoms with Crippen LogP contribution in [0.2, 0.25) is 5.02 Å². The molecule has 0 aliphatic rings. The van der Waals surface area contributed by atoms with E-state index in [2.05, 4.69) is 22.3 Å². The molecule has 23 heavy (non-hydrogen) atoms. The molecule has 0 heterocycles. The maximum Gasteiger partial charge on any atom is 0.255 e. The highest BCUT2D eigenvalue weighted by Gasteiger charge is 2.17. The molecule has 0 bridgehead atoms. The van der Waals surface area contributed by atoms with Crippen LogP contribution in [0, 0.1) is 0 Å². The predicted octanol–water partition coefficient (Wildman–Crippen LogP) is 3.38. The molecule has 0 spiro atoms. The van der Waals surface area contributed by atoms with Crippen LogP contribution in [0.1, 0.15) is 22.0 Å². The largest absolute Gasteiger partial charge is 0.496 e. The Morgan fingerprint density at radius 1 is 1.22 bits per heavy atom. The minimum absolute atomic E-state index is 0.0883. The summed E-state index contributed by atoms with van der Waals surface area (Å²) in [5.41, 5.74) is 1.58. The van der Waals surface area contributed by atoms with Gasteiger partial charge in [0.15, 0.2) is 0 Å². The van der Waals surface area contributed by atoms with Crippen molar-refractivity contribution >= 4 is 17.5 Å². The molecule has 0 aliphatic carbocycles. The third-order valence-electron chi connectivity index (χ3n) is 3.67. The Balaban J connectivity index is 2.12. The van der Waals surface area contributed by atoms with Crippen molar-refractivity contribution in [1.29, 1.82) is 0 Å². The summed E-state index contributed by atoms with van der Waals surface area (Å²) in [5.74, 6) is 0.306. The van der Waals surface area contributed by atoms with Crippen LogP contribution in [0.5, 0.6) is 5.75 Å². The lowest BCUT2D eigenvalue weighted by Crippen LogP contribution is -2.34. The van der Waals surface area contributed by atoms with Crippen LogP contribution < -0.4 is 10.1 Å². The zero-order valence-corrected chi connectivity index (χ0v) is 14.3. The summed E-state index contributed by atoms with van der Waals surface area (Å²) in [6.07, 6.45) is 0. The number of halogens is 1. The summed E-state index contributed by atoms with van der Waals surface area (Å²) >= 11 is 5.98. The third kappa shape index (κ3) is 4.47. The molecule has 1 amide bonds. The molecule has 1 atom stereocenters. The Morgan fingerprint density at radius 3 is 2.52 bits per heavy atom. The first-order chi connectivity index (χ1) is 11.0. The van der Waals surface area contributed by atoms with E-state index in [9.17, 15) is 4.79 Å². The molecule has 5 heteroatoms. The lowest BCUT2D eigenvalue weighted by molar-refractivity contribution is 0.0939. The minimum Gasteiger partial charge on any atom is -0.496 e. The van der Waals surface area contributed by atoms with E-state index >= 15 is 0 Å². The number of hydrogen-bond acceptors (Lipinski definition) is 3. The zero-order chi connectivity index (χ0) is 16.8. The lowest BCUT2D eigenvalue weighted by atomic mass is 10.1. The van der Waals surface area contributed by atoms with Gasteiger partial charge >= 0.3 is 0 Å². The van der Waals surface area contributed by atoms with Gasteiger partial charge in [0.25, 0.3) is 5.91 Å². The minimum atomic E-state index is -0.202. The number of ether oxygens (including phenoxy) is 1. The normalized spacial score (nSPS) is 12.0. The Kier molecular flexibility index (Phi) is 6.02. The molecule has 2 rings (SSSR count). The van der Waals surface area contributed by atoms with Crippen LogP contribution in [-0.2, 0) is 0 Å². The van der Waals surface area contributed by atoms with E-state index in [1.54, 1.807) is 18.2 Å². The Bertz CT molecular complexity index is 659. The molecular weight excluding hydrogens is 312 g/mol. The highest BCUT2D eigenvalue weighted by molar-refractivity contribution is 6.31. The summed E-state index contributed by atoms with van der Waals surface area (Å²) in [4.78, 5) is 14.5. The molecule has 2 aromatic rings. The van der Waals surface area contributed by atoms with Crippen LogP contribution in [0.15, 0.2) is 48.5 Å². The fourth-order valence-corrected chi connectivity index (χ4v) is 2.59. The topological polar surface area (TPSA) is 41.6 Å². The molecular formula is C18H21ClN2O2. The van der Waals surface area contributed by atoms with E-state index in [1.807, 2.05) is 32.3 Å². The van der Waals surface area contributed by atoms with E-state index in [4.69, 9.17) is 16.3 Å². The number of amides is 1. The SMILES string of the molecule is COc1ccc(Cl)cc1C(=O)NCC(c1ccccc1)N(C)C. The Hall–Kier alpha value is -2.04. The van der Waals surface area contributed by atoms with E-state index < -0.39 is 0 Å². The molecule has 122 valence electrons. The fourth-order valence-electron chi connectivity index (χ4n) is 2.42. The van der Waals surface area contributed by atoms with Crippen LogP contribution >= 0.6 is 11.6 Å². The van der Waals surface area contributed by atoms with E-state index in [0.717, 1.165) is 5.56 Å². The highest BCUT2D eigenvalue weighted by Crippen LogP contribution is 2.23. The average molecular weight is 333 g/mol. The second-order valence-electron chi connectivity index (χ2n) is 5.44. The number of nitrogens with zero attached hydrogens (tertiary/aromatic N) is 1. The van der Waals surface area contributed by atoms with Gasteiger partial charge in [0.2, 0.25) is 0 Å². The van der Waals surface area contributed by atoms with Gasteiger partial charge in [-0.05, 0) is 37.9 Å². The van der Waals surface area contributed by atoms with E-state index in [0.29, 0.717) is 22.9 Å². The molecule has 0 aliphatic heterocycles. The standard InChI is InChI=1S/C18H21ClN2O2/c1-21(2)16(13-7-5-4-6-8-13)12-20-18(22)15-11-14(19)9-10-17(15)23-3/h4-11,16H,12H2,1-3H3,(H,20,22). The van der Waals surface area contributed by atoms with Gasteiger partial charge in [-0.3, -0.25) is 4.79 Å². The van der Waals surface area contributed by atoms with Crippen molar-refractivity contribution < 1.29 is 9.53 Å². The number of likely N-dealkylation sites (N-methyl/N-ethyl adjacent to an activating group) is 1. The number of rotatable bonds is 6. The number of carbonyl (C=O) groups excluding carboxylic acids is 1. The van der Waals surface area contributed by atoms with Crippen molar-refractivity contribution in [2.45, 2.75) is 6.04 Å². The number of benzene rings is 2. The maximum absolute atomic E-state index is 12.5. The molecule has 4 nitrogen and oxygen atoms in total. The van der Waals surface area contributed by atoms with Gasteiger partial charge in [-0.25, -0.2) is 0 Å². The number of methoxy groups -OCH3 is 1. The second-order valence-corrected chi connectivity index (χ2v) is 5.88. The van der Waals surface area contributed by atoms with Crippen LogP contribution in [0.25, 0.3) is 0 Å². The van der Waals surface area contributed by atoms with Gasteiger partial charge in [0.1, 0.15) is 5.75 Å². The summed E-state index contributed by atoms with van der Waals surface area (Å²) in [7, 11) is 5.51. The molecule has 2 aromatic carbocycles. The summed E-state index contributed by atoms with van der Waals surface area (Å²) in [6, 6.07) is 15.2. The third-order valence-corrected chi connectivity index (χ3v) is 3.90. The van der Waals surface area contributed by atoms with Crippen molar-refractivity contribution in [1.82, 2.24) is 10.2 Å². The van der Waals surface area contributed by atoms with Crippen molar-refractivity contribution in [3.63, 3.8) is 0 Å². The molecule has 0 fully saturated rings. The first-order valence-corrected chi connectivity index (χ1v) is 7.74. The molecule has 1 unspecified atom stereocenters. The van der Waals surface area contributed by atoms with Crippen molar-refractivity contribution in [3.05, 3.63) is 64.7 Å². The molecule has 0 aromatic heterocycles. The Morgan fingerprint density at radius 2 is 1.91 bits per heavy atom. The molecule has 0 saturated carbocycles. The fraction of sp³-hybridized carbons (Fsp3) is 0.278.